The number of nitrogens with zero attached hydrogens (tertiary/aromatic N) is 3. The summed E-state index contributed by atoms with van der Waals surface area (Å²) in [6.07, 6.45) is 2.57. The van der Waals surface area contributed by atoms with E-state index in [4.69, 9.17) is 23.2 Å². The second kappa shape index (κ2) is 6.20. The van der Waals surface area contributed by atoms with Gasteiger partial charge in [-0.1, -0.05) is 23.2 Å². The molecule has 1 atom stereocenters. The van der Waals surface area contributed by atoms with Gasteiger partial charge in [0.1, 0.15) is 5.15 Å². The Bertz CT molecular complexity index is 411. The van der Waals surface area contributed by atoms with Crippen LogP contribution in [-0.4, -0.2) is 48.0 Å². The van der Waals surface area contributed by atoms with Gasteiger partial charge in [-0.05, 0) is 45.6 Å². The van der Waals surface area contributed by atoms with Crippen LogP contribution in [0.3, 0.4) is 0 Å². The lowest BCUT2D eigenvalue weighted by Gasteiger charge is -2.25. The highest BCUT2D eigenvalue weighted by Gasteiger charge is 2.22. The maximum atomic E-state index is 6.13. The third kappa shape index (κ3) is 3.58. The minimum atomic E-state index is 0.501. The largest absolute Gasteiger partial charge is 0.302 e. The number of likely N-dealkylation sites (N-methyl/N-ethyl adjacent to an activating group) is 2. The van der Waals surface area contributed by atoms with Crippen molar-refractivity contribution in [3.8, 4) is 0 Å². The van der Waals surface area contributed by atoms with Gasteiger partial charge in [-0.2, -0.15) is 0 Å². The predicted octanol–water partition coefficient (Wildman–Crippen LogP) is 2.91. The number of hydrogen-bond donors (Lipinski definition) is 0. The van der Waals surface area contributed by atoms with Crippen molar-refractivity contribution >= 4 is 23.2 Å². The molecule has 0 spiro atoms. The molecule has 1 aromatic rings. The van der Waals surface area contributed by atoms with Crippen LogP contribution >= 0.6 is 23.2 Å². The second-order valence-electron chi connectivity index (χ2n) is 5.04. The van der Waals surface area contributed by atoms with Crippen molar-refractivity contribution < 1.29 is 0 Å². The van der Waals surface area contributed by atoms with E-state index in [9.17, 15) is 0 Å². The van der Waals surface area contributed by atoms with Gasteiger partial charge in [0, 0.05) is 19.1 Å². The molecule has 2 heterocycles. The number of hydrogen-bond acceptors (Lipinski definition) is 3. The fraction of sp³-hybridized carbons (Fsp3) is 0.615. The number of pyridine rings is 1. The average molecular weight is 288 g/mol. The zero-order valence-electron chi connectivity index (χ0n) is 10.9. The van der Waals surface area contributed by atoms with E-state index in [1.54, 1.807) is 6.07 Å². The third-order valence-corrected chi connectivity index (χ3v) is 4.05. The molecule has 0 radical (unpaired) electrons. The minimum Gasteiger partial charge on any atom is -0.302 e. The maximum Gasteiger partial charge on any atom is 0.129 e. The van der Waals surface area contributed by atoms with E-state index in [2.05, 4.69) is 28.9 Å². The molecule has 0 amide bonds. The summed E-state index contributed by atoms with van der Waals surface area (Å²) in [5.74, 6) is 0. The van der Waals surface area contributed by atoms with E-state index < -0.39 is 0 Å². The van der Waals surface area contributed by atoms with Crippen LogP contribution in [0, 0.1) is 0 Å². The Balaban J connectivity index is 1.94. The van der Waals surface area contributed by atoms with Crippen LogP contribution in [0.25, 0.3) is 0 Å². The lowest BCUT2D eigenvalue weighted by molar-refractivity contribution is 0.214. The Morgan fingerprint density at radius 2 is 2.22 bits per heavy atom. The van der Waals surface area contributed by atoms with Crippen molar-refractivity contribution in [2.24, 2.45) is 0 Å². The highest BCUT2D eigenvalue weighted by molar-refractivity contribution is 6.32. The van der Waals surface area contributed by atoms with E-state index in [1.165, 1.54) is 19.4 Å². The highest BCUT2D eigenvalue weighted by Crippen LogP contribution is 2.20. The molecule has 1 fully saturated rings. The molecule has 100 valence electrons. The summed E-state index contributed by atoms with van der Waals surface area (Å²) in [4.78, 5) is 8.97. The van der Waals surface area contributed by atoms with Crippen molar-refractivity contribution in [1.29, 1.82) is 0 Å². The Hall–Kier alpha value is -0.350. The zero-order chi connectivity index (χ0) is 13.1. The molecule has 0 aromatic carbocycles. The molecular weight excluding hydrogens is 269 g/mol. The van der Waals surface area contributed by atoms with Crippen molar-refractivity contribution in [2.75, 3.05) is 27.2 Å². The molecule has 0 bridgehead atoms. The summed E-state index contributed by atoms with van der Waals surface area (Å²) < 4.78 is 0. The SMILES string of the molecule is CN(Cc1nc(Cl)ccc1Cl)CC1CCCN1C. The van der Waals surface area contributed by atoms with Gasteiger partial charge in [-0.25, -0.2) is 4.98 Å². The second-order valence-corrected chi connectivity index (χ2v) is 5.83. The molecule has 0 saturated carbocycles. The van der Waals surface area contributed by atoms with Crippen LogP contribution in [0.1, 0.15) is 18.5 Å². The van der Waals surface area contributed by atoms with Crippen LogP contribution in [0.5, 0.6) is 0 Å². The smallest absolute Gasteiger partial charge is 0.129 e. The lowest BCUT2D eigenvalue weighted by Crippen LogP contribution is -2.36. The predicted molar refractivity (Wildman–Crippen MR) is 76.2 cm³/mol. The quantitative estimate of drug-likeness (QED) is 0.794. The van der Waals surface area contributed by atoms with Crippen molar-refractivity contribution in [3.63, 3.8) is 0 Å². The monoisotopic (exact) mass is 287 g/mol. The molecule has 1 aliphatic rings. The Kier molecular flexibility index (Phi) is 4.84. The Morgan fingerprint density at radius 3 is 2.89 bits per heavy atom. The number of rotatable bonds is 4. The van der Waals surface area contributed by atoms with Crippen LogP contribution in [-0.2, 0) is 6.54 Å². The first-order valence-electron chi connectivity index (χ1n) is 6.26. The molecular formula is C13H19Cl2N3. The van der Waals surface area contributed by atoms with Gasteiger partial charge >= 0.3 is 0 Å². The van der Waals surface area contributed by atoms with E-state index in [0.29, 0.717) is 16.2 Å². The average Bonchev–Trinajstić information content (AvgIpc) is 2.70. The summed E-state index contributed by atoms with van der Waals surface area (Å²) >= 11 is 12.0. The fourth-order valence-electron chi connectivity index (χ4n) is 2.46. The van der Waals surface area contributed by atoms with Gasteiger partial charge in [0.2, 0.25) is 0 Å². The molecule has 1 unspecified atom stereocenters. The van der Waals surface area contributed by atoms with Crippen LogP contribution in [0.2, 0.25) is 10.2 Å². The molecule has 3 nitrogen and oxygen atoms in total. The van der Waals surface area contributed by atoms with Crippen molar-refractivity contribution in [1.82, 2.24) is 14.8 Å². The Labute approximate surface area is 119 Å². The summed E-state index contributed by atoms with van der Waals surface area (Å²) in [7, 11) is 4.29. The van der Waals surface area contributed by atoms with Crippen LogP contribution < -0.4 is 0 Å². The fourth-order valence-corrected chi connectivity index (χ4v) is 2.79. The first-order chi connectivity index (χ1) is 8.56. The number of aromatic nitrogens is 1. The van der Waals surface area contributed by atoms with Crippen molar-refractivity contribution in [3.05, 3.63) is 28.0 Å². The van der Waals surface area contributed by atoms with E-state index in [0.717, 1.165) is 18.8 Å². The first-order valence-corrected chi connectivity index (χ1v) is 7.01. The number of likely N-dealkylation sites (tertiary alicyclic amines) is 1. The topological polar surface area (TPSA) is 19.4 Å². The van der Waals surface area contributed by atoms with E-state index >= 15 is 0 Å². The van der Waals surface area contributed by atoms with Crippen LogP contribution in [0.15, 0.2) is 12.1 Å². The highest BCUT2D eigenvalue weighted by atomic mass is 35.5. The van der Waals surface area contributed by atoms with Crippen molar-refractivity contribution in [2.45, 2.75) is 25.4 Å². The molecule has 1 saturated heterocycles. The third-order valence-electron chi connectivity index (χ3n) is 3.50. The standard InChI is InChI=1S/C13H19Cl2N3/c1-17(8-10-4-3-7-18(10)2)9-12-11(14)5-6-13(15)16-12/h5-6,10H,3-4,7-9H2,1-2H3. The molecule has 0 N–H and O–H groups in total. The Morgan fingerprint density at radius 1 is 1.44 bits per heavy atom. The van der Waals surface area contributed by atoms with Crippen LogP contribution in [0.4, 0.5) is 0 Å². The summed E-state index contributed by atoms with van der Waals surface area (Å²) in [5, 5.41) is 1.19. The molecule has 1 aromatic heterocycles. The zero-order valence-corrected chi connectivity index (χ0v) is 12.4. The number of halogens is 2. The first kappa shape index (κ1) is 14.1. The maximum absolute atomic E-state index is 6.13. The summed E-state index contributed by atoms with van der Waals surface area (Å²) in [6.45, 7) is 2.99. The normalized spacial score (nSPS) is 20.8. The van der Waals surface area contributed by atoms with Gasteiger partial charge in [-0.3, -0.25) is 4.90 Å². The molecule has 0 aliphatic carbocycles. The summed E-state index contributed by atoms with van der Waals surface area (Å²) in [6, 6.07) is 4.17. The summed E-state index contributed by atoms with van der Waals surface area (Å²) in [5.41, 5.74) is 0.854. The van der Waals surface area contributed by atoms with Gasteiger partial charge in [0.15, 0.2) is 0 Å². The van der Waals surface area contributed by atoms with E-state index in [-0.39, 0.29) is 0 Å². The van der Waals surface area contributed by atoms with E-state index in [1.807, 2.05) is 6.07 Å². The molecule has 5 heteroatoms. The lowest BCUT2D eigenvalue weighted by atomic mass is 10.2. The van der Waals surface area contributed by atoms with Gasteiger partial charge in [0.05, 0.1) is 10.7 Å². The molecule has 18 heavy (non-hydrogen) atoms. The van der Waals surface area contributed by atoms with Gasteiger partial charge in [-0.15, -0.1) is 0 Å². The van der Waals surface area contributed by atoms with Gasteiger partial charge < -0.3 is 4.90 Å². The van der Waals surface area contributed by atoms with Gasteiger partial charge in [0.25, 0.3) is 0 Å². The molecule has 1 aliphatic heterocycles. The minimum absolute atomic E-state index is 0.501. The molecule has 2 rings (SSSR count).